The van der Waals surface area contributed by atoms with Crippen LogP contribution in [0.5, 0.6) is 11.5 Å². The number of nitrogens with zero attached hydrogens (tertiary/aromatic N) is 2. The summed E-state index contributed by atoms with van der Waals surface area (Å²) in [6, 6.07) is 7.37. The predicted molar refractivity (Wildman–Crippen MR) is 94.1 cm³/mol. The number of benzene rings is 1. The molecule has 0 aliphatic rings. The Morgan fingerprint density at radius 1 is 1.38 bits per heavy atom. The van der Waals surface area contributed by atoms with Crippen molar-refractivity contribution in [1.82, 2.24) is 14.8 Å². The van der Waals surface area contributed by atoms with Crippen LogP contribution in [0.1, 0.15) is 19.7 Å². The lowest BCUT2D eigenvalue weighted by Crippen LogP contribution is -2.15. The summed E-state index contributed by atoms with van der Waals surface area (Å²) in [6.45, 7) is 9.84. The standard InChI is InChI=1S/C18H21N3O3/c1-5-15(24-17-9-7-8-16(12-17)23-6-2)11-10-13(3)21-14(4)19-20-18(21)22/h5,7-12H,1,6H2,2-4H3,(H,20,22)/b13-10+,15-11+. The Morgan fingerprint density at radius 3 is 2.75 bits per heavy atom. The minimum absolute atomic E-state index is 0.278. The lowest BCUT2D eigenvalue weighted by molar-refractivity contribution is 0.337. The Morgan fingerprint density at radius 2 is 2.12 bits per heavy atom. The van der Waals surface area contributed by atoms with E-state index in [2.05, 4.69) is 16.8 Å². The van der Waals surface area contributed by atoms with Gasteiger partial charge in [0.2, 0.25) is 0 Å². The van der Waals surface area contributed by atoms with Crippen LogP contribution in [0.2, 0.25) is 0 Å². The number of H-pyrrole nitrogens is 1. The summed E-state index contributed by atoms with van der Waals surface area (Å²) in [4.78, 5) is 11.7. The number of nitrogens with one attached hydrogen (secondary N) is 1. The van der Waals surface area contributed by atoms with E-state index in [9.17, 15) is 4.79 Å². The summed E-state index contributed by atoms with van der Waals surface area (Å²) >= 11 is 0. The van der Waals surface area contributed by atoms with Gasteiger partial charge < -0.3 is 9.47 Å². The zero-order valence-electron chi connectivity index (χ0n) is 14.1. The quantitative estimate of drug-likeness (QED) is 0.626. The predicted octanol–water partition coefficient (Wildman–Crippen LogP) is 3.29. The lowest BCUT2D eigenvalue weighted by Gasteiger charge is -2.08. The van der Waals surface area contributed by atoms with Crippen molar-refractivity contribution in [3.05, 3.63) is 71.1 Å². The number of aryl methyl sites for hydroxylation is 1. The van der Waals surface area contributed by atoms with Crippen LogP contribution >= 0.6 is 0 Å². The number of allylic oxidation sites excluding steroid dienone is 4. The molecule has 126 valence electrons. The van der Waals surface area contributed by atoms with Crippen molar-refractivity contribution in [2.45, 2.75) is 20.8 Å². The van der Waals surface area contributed by atoms with E-state index in [4.69, 9.17) is 9.47 Å². The van der Waals surface area contributed by atoms with E-state index in [1.54, 1.807) is 25.2 Å². The molecule has 24 heavy (non-hydrogen) atoms. The van der Waals surface area contributed by atoms with Crippen LogP contribution in [-0.2, 0) is 0 Å². The molecule has 1 N–H and O–H groups in total. The Kier molecular flexibility index (Phi) is 5.78. The largest absolute Gasteiger partial charge is 0.494 e. The molecule has 0 aliphatic carbocycles. The van der Waals surface area contributed by atoms with Crippen LogP contribution in [0.25, 0.3) is 5.70 Å². The van der Waals surface area contributed by atoms with Crippen LogP contribution in [0.4, 0.5) is 0 Å². The fourth-order valence-corrected chi connectivity index (χ4v) is 2.14. The number of hydrogen-bond donors (Lipinski definition) is 1. The second kappa shape index (κ2) is 8.01. The van der Waals surface area contributed by atoms with Gasteiger partial charge in [-0.2, -0.15) is 5.10 Å². The molecule has 0 amide bonds. The molecule has 0 radical (unpaired) electrons. The lowest BCUT2D eigenvalue weighted by atomic mass is 10.3. The molecule has 6 heteroatoms. The number of rotatable bonds is 7. The van der Waals surface area contributed by atoms with Gasteiger partial charge in [0.05, 0.1) is 6.61 Å². The van der Waals surface area contributed by atoms with Gasteiger partial charge in [0, 0.05) is 11.8 Å². The average molecular weight is 327 g/mol. The summed E-state index contributed by atoms with van der Waals surface area (Å²) in [7, 11) is 0. The van der Waals surface area contributed by atoms with Gasteiger partial charge in [0.1, 0.15) is 23.1 Å². The molecule has 6 nitrogen and oxygen atoms in total. The maximum Gasteiger partial charge on any atom is 0.347 e. The molecule has 1 aromatic heterocycles. The molecule has 0 spiro atoms. The van der Waals surface area contributed by atoms with Gasteiger partial charge in [0.25, 0.3) is 0 Å². The molecule has 1 aromatic carbocycles. The van der Waals surface area contributed by atoms with E-state index >= 15 is 0 Å². The molecule has 0 fully saturated rings. The number of ether oxygens (including phenoxy) is 2. The highest BCUT2D eigenvalue weighted by Gasteiger charge is 2.04. The third-order valence-corrected chi connectivity index (χ3v) is 3.23. The zero-order valence-corrected chi connectivity index (χ0v) is 14.1. The van der Waals surface area contributed by atoms with Crippen LogP contribution in [0.3, 0.4) is 0 Å². The minimum Gasteiger partial charge on any atom is -0.494 e. The van der Waals surface area contributed by atoms with Gasteiger partial charge in [-0.3, -0.25) is 4.57 Å². The summed E-state index contributed by atoms with van der Waals surface area (Å²) in [5.41, 5.74) is 0.442. The van der Waals surface area contributed by atoms with E-state index in [-0.39, 0.29) is 5.69 Å². The van der Waals surface area contributed by atoms with Gasteiger partial charge in [-0.1, -0.05) is 12.6 Å². The van der Waals surface area contributed by atoms with Gasteiger partial charge in [-0.05, 0) is 51.1 Å². The summed E-state index contributed by atoms with van der Waals surface area (Å²) in [5, 5.41) is 6.29. The first-order valence-electron chi connectivity index (χ1n) is 7.61. The zero-order chi connectivity index (χ0) is 17.5. The summed E-state index contributed by atoms with van der Waals surface area (Å²) in [6.07, 6.45) is 5.12. The van der Waals surface area contributed by atoms with Gasteiger partial charge in [-0.25, -0.2) is 9.89 Å². The van der Waals surface area contributed by atoms with Crippen molar-refractivity contribution >= 4 is 5.70 Å². The first-order chi connectivity index (χ1) is 11.5. The van der Waals surface area contributed by atoms with Crippen LogP contribution in [0.15, 0.2) is 59.6 Å². The monoisotopic (exact) mass is 327 g/mol. The fourth-order valence-electron chi connectivity index (χ4n) is 2.14. The maximum atomic E-state index is 11.7. The van der Waals surface area contributed by atoms with E-state index in [0.717, 1.165) is 11.4 Å². The molecule has 0 aliphatic heterocycles. The number of aromatic amines is 1. The van der Waals surface area contributed by atoms with E-state index < -0.39 is 0 Å². The molecule has 0 atom stereocenters. The topological polar surface area (TPSA) is 69.1 Å². The van der Waals surface area contributed by atoms with E-state index in [1.165, 1.54) is 4.57 Å². The SMILES string of the molecule is C=C/C(=C\C=C(/C)n1c(C)n[nH]c1=O)Oc1cccc(OCC)c1. The van der Waals surface area contributed by atoms with Gasteiger partial charge in [-0.15, -0.1) is 0 Å². The normalized spacial score (nSPS) is 12.1. The van der Waals surface area contributed by atoms with Crippen molar-refractivity contribution in [3.8, 4) is 11.5 Å². The highest BCUT2D eigenvalue weighted by atomic mass is 16.5. The van der Waals surface area contributed by atoms with Crippen LogP contribution in [0, 0.1) is 6.92 Å². The molecule has 0 bridgehead atoms. The Hall–Kier alpha value is -3.02. The first kappa shape index (κ1) is 17.3. The van der Waals surface area contributed by atoms with E-state index in [0.29, 0.717) is 23.9 Å². The van der Waals surface area contributed by atoms with Crippen molar-refractivity contribution in [3.63, 3.8) is 0 Å². The second-order valence-electron chi connectivity index (χ2n) is 5.00. The molecule has 1 heterocycles. The molecule has 2 rings (SSSR count). The van der Waals surface area contributed by atoms with Crippen molar-refractivity contribution in [2.75, 3.05) is 6.61 Å². The Labute approximate surface area is 140 Å². The summed E-state index contributed by atoms with van der Waals surface area (Å²) < 4.78 is 12.7. The maximum absolute atomic E-state index is 11.7. The van der Waals surface area contributed by atoms with Crippen molar-refractivity contribution in [1.29, 1.82) is 0 Å². The Balaban J connectivity index is 2.20. The van der Waals surface area contributed by atoms with Crippen molar-refractivity contribution < 1.29 is 9.47 Å². The Bertz CT molecular complexity index is 828. The highest BCUT2D eigenvalue weighted by Crippen LogP contribution is 2.21. The van der Waals surface area contributed by atoms with Crippen LogP contribution < -0.4 is 15.2 Å². The third kappa shape index (κ3) is 4.25. The van der Waals surface area contributed by atoms with Crippen molar-refractivity contribution in [2.24, 2.45) is 0 Å². The molecular formula is C18H21N3O3. The number of hydrogen-bond acceptors (Lipinski definition) is 4. The van der Waals surface area contributed by atoms with E-state index in [1.807, 2.05) is 38.1 Å². The fraction of sp³-hybridized carbons (Fsp3) is 0.222. The third-order valence-electron chi connectivity index (χ3n) is 3.23. The number of aromatic nitrogens is 3. The minimum atomic E-state index is -0.278. The highest BCUT2D eigenvalue weighted by molar-refractivity contribution is 5.47. The van der Waals surface area contributed by atoms with Crippen LogP contribution in [-0.4, -0.2) is 21.4 Å². The second-order valence-corrected chi connectivity index (χ2v) is 5.00. The molecule has 2 aromatic rings. The van der Waals surface area contributed by atoms with Gasteiger partial charge >= 0.3 is 5.69 Å². The molecular weight excluding hydrogens is 306 g/mol. The molecule has 0 unspecified atom stereocenters. The molecule has 0 saturated heterocycles. The molecule has 0 saturated carbocycles. The van der Waals surface area contributed by atoms with Gasteiger partial charge in [0.15, 0.2) is 0 Å². The summed E-state index contributed by atoms with van der Waals surface area (Å²) in [5.74, 6) is 2.53. The first-order valence-corrected chi connectivity index (χ1v) is 7.61. The smallest absolute Gasteiger partial charge is 0.347 e. The average Bonchev–Trinajstić information content (AvgIpc) is 2.90.